The monoisotopic (exact) mass is 162 g/mol. The summed E-state index contributed by atoms with van der Waals surface area (Å²) in [6.07, 6.45) is 0.581. The zero-order valence-corrected chi connectivity index (χ0v) is 6.18. The van der Waals surface area contributed by atoms with Crippen LogP contribution < -0.4 is 0 Å². The van der Waals surface area contributed by atoms with E-state index >= 15 is 0 Å². The number of hydrogen-bond acceptors (Lipinski definition) is 2. The Morgan fingerprint density at radius 1 is 1.55 bits per heavy atom. The van der Waals surface area contributed by atoms with Crippen LogP contribution >= 0.6 is 0 Å². The number of ether oxygens (including phenoxy) is 1. The molecule has 0 aromatic rings. The van der Waals surface area contributed by atoms with Gasteiger partial charge in [0.15, 0.2) is 0 Å². The summed E-state index contributed by atoms with van der Waals surface area (Å²) in [6.45, 7) is -0.0713. The van der Waals surface area contributed by atoms with E-state index in [4.69, 9.17) is 9.84 Å². The second-order valence-corrected chi connectivity index (χ2v) is 2.83. The van der Waals surface area contributed by atoms with Crippen LogP contribution in [0.5, 0.6) is 0 Å². The molecule has 0 aromatic carbocycles. The molecule has 4 heteroatoms. The van der Waals surface area contributed by atoms with Crippen molar-refractivity contribution in [1.82, 2.24) is 0 Å². The Kier molecular flexibility index (Phi) is 2.44. The van der Waals surface area contributed by atoms with Crippen LogP contribution in [0.25, 0.3) is 0 Å². The minimum absolute atomic E-state index is 0.291. The predicted octanol–water partition coefficient (Wildman–Crippen LogP) is 0.837. The third-order valence-corrected chi connectivity index (χ3v) is 2.16. The number of halogens is 1. The van der Waals surface area contributed by atoms with Crippen molar-refractivity contribution in [3.8, 4) is 0 Å². The Labute approximate surface area is 64.2 Å². The third-order valence-electron chi connectivity index (χ3n) is 2.16. The predicted molar refractivity (Wildman–Crippen MR) is 36.1 cm³/mol. The van der Waals surface area contributed by atoms with Crippen molar-refractivity contribution >= 4 is 5.97 Å². The molecule has 1 fully saturated rings. The SMILES string of the molecule is O=C(O)C1(CF)CCOCC1. The molecule has 0 aliphatic carbocycles. The molecule has 0 atom stereocenters. The molecule has 11 heavy (non-hydrogen) atoms. The fourth-order valence-corrected chi connectivity index (χ4v) is 1.17. The maximum atomic E-state index is 12.3. The van der Waals surface area contributed by atoms with Gasteiger partial charge < -0.3 is 9.84 Å². The van der Waals surface area contributed by atoms with Gasteiger partial charge in [-0.1, -0.05) is 0 Å². The van der Waals surface area contributed by atoms with Gasteiger partial charge in [-0.05, 0) is 12.8 Å². The second kappa shape index (κ2) is 3.17. The van der Waals surface area contributed by atoms with Crippen LogP contribution in [0.1, 0.15) is 12.8 Å². The van der Waals surface area contributed by atoms with Gasteiger partial charge in [0.25, 0.3) is 0 Å². The average molecular weight is 162 g/mol. The summed E-state index contributed by atoms with van der Waals surface area (Å²) in [4.78, 5) is 10.6. The molecule has 1 aliphatic rings. The van der Waals surface area contributed by atoms with Gasteiger partial charge in [0, 0.05) is 13.2 Å². The fourth-order valence-electron chi connectivity index (χ4n) is 1.17. The van der Waals surface area contributed by atoms with Crippen LogP contribution in [0, 0.1) is 5.41 Å². The van der Waals surface area contributed by atoms with Crippen LogP contribution in [0.15, 0.2) is 0 Å². The number of carboxylic acid groups (broad SMARTS) is 1. The highest BCUT2D eigenvalue weighted by Gasteiger charge is 2.40. The van der Waals surface area contributed by atoms with Crippen LogP contribution in [0.3, 0.4) is 0 Å². The lowest BCUT2D eigenvalue weighted by molar-refractivity contribution is -0.156. The molecule has 0 spiro atoms. The number of carbonyl (C=O) groups is 1. The highest BCUT2D eigenvalue weighted by Crippen LogP contribution is 2.30. The van der Waals surface area contributed by atoms with Gasteiger partial charge in [0.1, 0.15) is 12.1 Å². The zero-order chi connectivity index (χ0) is 8.32. The Balaban J connectivity index is 2.64. The van der Waals surface area contributed by atoms with E-state index in [0.29, 0.717) is 26.1 Å². The van der Waals surface area contributed by atoms with Gasteiger partial charge in [0.2, 0.25) is 0 Å². The summed E-state index contributed by atoms with van der Waals surface area (Å²) in [5, 5.41) is 8.69. The van der Waals surface area contributed by atoms with Gasteiger partial charge in [-0.25, -0.2) is 4.39 Å². The van der Waals surface area contributed by atoms with E-state index in [1.54, 1.807) is 0 Å². The Hall–Kier alpha value is -0.640. The number of alkyl halides is 1. The second-order valence-electron chi connectivity index (χ2n) is 2.83. The summed E-state index contributed by atoms with van der Waals surface area (Å²) in [5.41, 5.74) is -1.15. The minimum Gasteiger partial charge on any atom is -0.481 e. The first-order valence-corrected chi connectivity index (χ1v) is 3.58. The first kappa shape index (κ1) is 8.46. The largest absolute Gasteiger partial charge is 0.481 e. The number of carboxylic acids is 1. The Bertz CT molecular complexity index is 152. The van der Waals surface area contributed by atoms with Crippen molar-refractivity contribution in [3.05, 3.63) is 0 Å². The van der Waals surface area contributed by atoms with Gasteiger partial charge in [-0.3, -0.25) is 4.79 Å². The summed E-state index contributed by atoms with van der Waals surface area (Å²) < 4.78 is 17.3. The van der Waals surface area contributed by atoms with E-state index in [9.17, 15) is 9.18 Å². The number of hydrogen-bond donors (Lipinski definition) is 1. The van der Waals surface area contributed by atoms with Crippen LogP contribution in [0.2, 0.25) is 0 Å². The van der Waals surface area contributed by atoms with E-state index in [1.807, 2.05) is 0 Å². The molecular weight excluding hydrogens is 151 g/mol. The summed E-state index contributed by atoms with van der Waals surface area (Å²) in [6, 6.07) is 0. The normalized spacial score (nSPS) is 23.0. The molecule has 0 bridgehead atoms. The smallest absolute Gasteiger partial charge is 0.312 e. The molecule has 1 aliphatic heterocycles. The standard InChI is InChI=1S/C7H11FO3/c8-5-7(6(9)10)1-3-11-4-2-7/h1-5H2,(H,9,10). The summed E-state index contributed by atoms with van der Waals surface area (Å²) in [7, 11) is 0. The van der Waals surface area contributed by atoms with Crippen molar-refractivity contribution in [1.29, 1.82) is 0 Å². The van der Waals surface area contributed by atoms with Crippen molar-refractivity contribution in [2.45, 2.75) is 12.8 Å². The van der Waals surface area contributed by atoms with E-state index in [2.05, 4.69) is 0 Å². The van der Waals surface area contributed by atoms with Crippen LogP contribution in [-0.4, -0.2) is 31.0 Å². The lowest BCUT2D eigenvalue weighted by atomic mass is 9.82. The lowest BCUT2D eigenvalue weighted by Gasteiger charge is -2.29. The van der Waals surface area contributed by atoms with E-state index in [0.717, 1.165) is 0 Å². The zero-order valence-electron chi connectivity index (χ0n) is 6.18. The number of rotatable bonds is 2. The third kappa shape index (κ3) is 1.50. The maximum absolute atomic E-state index is 12.3. The molecule has 1 N–H and O–H groups in total. The van der Waals surface area contributed by atoms with Crippen molar-refractivity contribution in [2.24, 2.45) is 5.41 Å². The molecule has 3 nitrogen and oxygen atoms in total. The molecule has 64 valence electrons. The molecule has 0 amide bonds. The molecule has 1 saturated heterocycles. The van der Waals surface area contributed by atoms with E-state index < -0.39 is 18.1 Å². The molecule has 0 unspecified atom stereocenters. The van der Waals surface area contributed by atoms with Gasteiger partial charge in [0.05, 0.1) is 0 Å². The van der Waals surface area contributed by atoms with Crippen LogP contribution in [-0.2, 0) is 9.53 Å². The van der Waals surface area contributed by atoms with Crippen LogP contribution in [0.4, 0.5) is 4.39 Å². The average Bonchev–Trinajstić information content (AvgIpc) is 2.05. The van der Waals surface area contributed by atoms with Gasteiger partial charge >= 0.3 is 5.97 Å². The molecule has 1 rings (SSSR count). The van der Waals surface area contributed by atoms with Gasteiger partial charge in [-0.2, -0.15) is 0 Å². The number of aliphatic carboxylic acids is 1. The molecule has 0 saturated carbocycles. The Morgan fingerprint density at radius 3 is 2.36 bits per heavy atom. The fraction of sp³-hybridized carbons (Fsp3) is 0.857. The van der Waals surface area contributed by atoms with E-state index in [1.165, 1.54) is 0 Å². The van der Waals surface area contributed by atoms with Crippen molar-refractivity contribution < 1.29 is 19.0 Å². The molecule has 0 aromatic heterocycles. The maximum Gasteiger partial charge on any atom is 0.312 e. The first-order chi connectivity index (χ1) is 5.21. The molecular formula is C7H11FO3. The lowest BCUT2D eigenvalue weighted by Crippen LogP contribution is -2.38. The highest BCUT2D eigenvalue weighted by molar-refractivity contribution is 5.74. The molecule has 1 heterocycles. The topological polar surface area (TPSA) is 46.5 Å². The minimum atomic E-state index is -1.15. The Morgan fingerprint density at radius 2 is 2.09 bits per heavy atom. The molecule has 0 radical (unpaired) electrons. The van der Waals surface area contributed by atoms with Gasteiger partial charge in [-0.15, -0.1) is 0 Å². The summed E-state index contributed by atoms with van der Waals surface area (Å²) >= 11 is 0. The first-order valence-electron chi connectivity index (χ1n) is 3.58. The van der Waals surface area contributed by atoms with Crippen molar-refractivity contribution in [2.75, 3.05) is 19.9 Å². The summed E-state index contributed by atoms with van der Waals surface area (Å²) in [5.74, 6) is -1.04. The quantitative estimate of drug-likeness (QED) is 0.654. The van der Waals surface area contributed by atoms with Crippen molar-refractivity contribution in [3.63, 3.8) is 0 Å². The van der Waals surface area contributed by atoms with E-state index in [-0.39, 0.29) is 0 Å². The highest BCUT2D eigenvalue weighted by atomic mass is 19.1.